The Bertz CT molecular complexity index is 546. The van der Waals surface area contributed by atoms with Crippen molar-refractivity contribution in [2.75, 3.05) is 19.8 Å². The molecule has 0 aromatic heterocycles. The summed E-state index contributed by atoms with van der Waals surface area (Å²) in [5, 5.41) is 3.19. The van der Waals surface area contributed by atoms with Crippen LogP contribution in [-0.4, -0.2) is 31.8 Å². The smallest absolute Gasteiger partial charge is 0.188 e. The first-order chi connectivity index (χ1) is 12.2. The molecule has 6 heteroatoms. The number of nitrogens with two attached hydrogens (primary N) is 1. The second kappa shape index (κ2) is 13.2. The molecule has 1 heterocycles. The van der Waals surface area contributed by atoms with Gasteiger partial charge in [0.05, 0.1) is 12.6 Å². The molecule has 1 saturated heterocycles. The predicted octanol–water partition coefficient (Wildman–Crippen LogP) is 4.16. The fraction of sp³-hybridized carbons (Fsp3) is 0.650. The highest BCUT2D eigenvalue weighted by atomic mass is 127. The maximum absolute atomic E-state index is 6.00. The Labute approximate surface area is 175 Å². The Kier molecular flexibility index (Phi) is 11.7. The number of hydrogen-bond donors (Lipinski definition) is 2. The van der Waals surface area contributed by atoms with Crippen LogP contribution in [0.15, 0.2) is 23.2 Å². The highest BCUT2D eigenvalue weighted by Crippen LogP contribution is 2.23. The molecule has 1 aliphatic rings. The molecule has 0 bridgehead atoms. The molecular weight excluding hydrogens is 441 g/mol. The number of nitrogens with one attached hydrogen (secondary N) is 1. The van der Waals surface area contributed by atoms with E-state index >= 15 is 0 Å². The van der Waals surface area contributed by atoms with Crippen LogP contribution in [0.1, 0.15) is 56.6 Å². The quantitative estimate of drug-likeness (QED) is 0.231. The van der Waals surface area contributed by atoms with Crippen LogP contribution >= 0.6 is 24.0 Å². The molecule has 26 heavy (non-hydrogen) atoms. The lowest BCUT2D eigenvalue weighted by molar-refractivity contribution is 0.0676. The van der Waals surface area contributed by atoms with Gasteiger partial charge in [0.25, 0.3) is 0 Å². The summed E-state index contributed by atoms with van der Waals surface area (Å²) in [6.07, 6.45) is 7.29. The first-order valence-electron chi connectivity index (χ1n) is 9.56. The van der Waals surface area contributed by atoms with Crippen LogP contribution in [0, 0.1) is 6.92 Å². The van der Waals surface area contributed by atoms with Gasteiger partial charge in [-0.05, 0) is 37.8 Å². The first-order valence-corrected chi connectivity index (χ1v) is 9.56. The normalized spacial score (nSPS) is 17.0. The minimum atomic E-state index is 0. The summed E-state index contributed by atoms with van der Waals surface area (Å²) in [6.45, 7) is 7.13. The van der Waals surface area contributed by atoms with E-state index in [-0.39, 0.29) is 30.1 Å². The summed E-state index contributed by atoms with van der Waals surface area (Å²) < 4.78 is 11.6. The maximum Gasteiger partial charge on any atom is 0.188 e. The Morgan fingerprint density at radius 2 is 2.19 bits per heavy atom. The molecule has 1 aromatic carbocycles. The lowest BCUT2D eigenvalue weighted by atomic mass is 10.1. The molecule has 1 aromatic rings. The van der Waals surface area contributed by atoms with Crippen LogP contribution in [0.3, 0.4) is 0 Å². The third kappa shape index (κ3) is 8.58. The van der Waals surface area contributed by atoms with E-state index in [1.54, 1.807) is 0 Å². The molecular formula is C20H34IN3O2. The zero-order valence-electron chi connectivity index (χ0n) is 16.1. The lowest BCUT2D eigenvalue weighted by Crippen LogP contribution is -2.32. The zero-order valence-corrected chi connectivity index (χ0v) is 18.5. The Morgan fingerprint density at radius 3 is 2.92 bits per heavy atom. The Hall–Kier alpha value is -1.02. The van der Waals surface area contributed by atoms with Crippen molar-refractivity contribution in [1.29, 1.82) is 0 Å². The van der Waals surface area contributed by atoms with Gasteiger partial charge < -0.3 is 20.5 Å². The number of nitrogens with zero attached hydrogens (tertiary/aromatic N) is 1. The standard InChI is InChI=1S/C20H33N3O2.HI/c1-3-4-5-6-11-22-20(21)23-14-17-10-9-16(2)13-19(17)25-15-18-8-7-12-24-18;/h9-10,13,18H,3-8,11-12,14-15H2,1-2H3,(H3,21,22,23);1H. The van der Waals surface area contributed by atoms with E-state index in [4.69, 9.17) is 15.2 Å². The van der Waals surface area contributed by atoms with E-state index in [1.165, 1.54) is 24.8 Å². The predicted molar refractivity (Wildman–Crippen MR) is 119 cm³/mol. The van der Waals surface area contributed by atoms with Crippen LogP contribution in [0.4, 0.5) is 0 Å². The summed E-state index contributed by atoms with van der Waals surface area (Å²) >= 11 is 0. The minimum absolute atomic E-state index is 0. The van der Waals surface area contributed by atoms with Crippen LogP contribution < -0.4 is 15.8 Å². The molecule has 1 aliphatic heterocycles. The third-order valence-corrected chi connectivity index (χ3v) is 4.43. The van der Waals surface area contributed by atoms with Crippen LogP contribution in [-0.2, 0) is 11.3 Å². The van der Waals surface area contributed by atoms with Crippen LogP contribution in [0.5, 0.6) is 5.75 Å². The van der Waals surface area contributed by atoms with Crippen LogP contribution in [0.25, 0.3) is 0 Å². The Balaban J connectivity index is 0.00000338. The monoisotopic (exact) mass is 475 g/mol. The van der Waals surface area contributed by atoms with Gasteiger partial charge in [0.15, 0.2) is 5.96 Å². The molecule has 2 rings (SSSR count). The van der Waals surface area contributed by atoms with E-state index < -0.39 is 0 Å². The summed E-state index contributed by atoms with van der Waals surface area (Å²) in [5.74, 6) is 1.39. The molecule has 0 amide bonds. The van der Waals surface area contributed by atoms with E-state index in [0.29, 0.717) is 19.1 Å². The van der Waals surface area contributed by atoms with Crippen molar-refractivity contribution >= 4 is 29.9 Å². The minimum Gasteiger partial charge on any atom is -0.491 e. The second-order valence-electron chi connectivity index (χ2n) is 6.75. The van der Waals surface area contributed by atoms with Crippen molar-refractivity contribution in [2.24, 2.45) is 10.7 Å². The summed E-state index contributed by atoms with van der Waals surface area (Å²) in [7, 11) is 0. The van der Waals surface area contributed by atoms with Gasteiger partial charge in [-0.2, -0.15) is 0 Å². The SMILES string of the molecule is CCCCCCNC(N)=NCc1ccc(C)cc1OCC1CCCO1.I. The number of hydrogen-bond acceptors (Lipinski definition) is 3. The van der Waals surface area contributed by atoms with Gasteiger partial charge in [-0.1, -0.05) is 38.3 Å². The molecule has 0 saturated carbocycles. The van der Waals surface area contributed by atoms with E-state index in [0.717, 1.165) is 43.7 Å². The highest BCUT2D eigenvalue weighted by molar-refractivity contribution is 14.0. The number of guanidine groups is 1. The fourth-order valence-corrected chi connectivity index (χ4v) is 2.88. The van der Waals surface area contributed by atoms with Crippen molar-refractivity contribution in [3.05, 3.63) is 29.3 Å². The fourth-order valence-electron chi connectivity index (χ4n) is 2.88. The highest BCUT2D eigenvalue weighted by Gasteiger charge is 2.16. The van der Waals surface area contributed by atoms with Gasteiger partial charge in [-0.25, -0.2) is 4.99 Å². The summed E-state index contributed by atoms with van der Waals surface area (Å²) in [6, 6.07) is 6.21. The molecule has 5 nitrogen and oxygen atoms in total. The van der Waals surface area contributed by atoms with Gasteiger partial charge in [-0.15, -0.1) is 24.0 Å². The summed E-state index contributed by atoms with van der Waals surface area (Å²) in [5.41, 5.74) is 8.20. The number of benzene rings is 1. The van der Waals surface area contributed by atoms with Gasteiger partial charge in [0.1, 0.15) is 12.4 Å². The lowest BCUT2D eigenvalue weighted by Gasteiger charge is -2.15. The van der Waals surface area contributed by atoms with E-state index in [1.807, 2.05) is 0 Å². The van der Waals surface area contributed by atoms with Gasteiger partial charge >= 0.3 is 0 Å². The zero-order chi connectivity index (χ0) is 17.9. The Morgan fingerprint density at radius 1 is 1.35 bits per heavy atom. The molecule has 0 spiro atoms. The topological polar surface area (TPSA) is 68.9 Å². The van der Waals surface area contributed by atoms with Gasteiger partial charge in [0, 0.05) is 18.7 Å². The number of ether oxygens (including phenoxy) is 2. The molecule has 148 valence electrons. The van der Waals surface area contributed by atoms with Gasteiger partial charge in [0.2, 0.25) is 0 Å². The number of aliphatic imine (C=N–C) groups is 1. The van der Waals surface area contributed by atoms with Crippen molar-refractivity contribution in [3.63, 3.8) is 0 Å². The molecule has 0 aliphatic carbocycles. The molecule has 3 N–H and O–H groups in total. The largest absolute Gasteiger partial charge is 0.491 e. The summed E-state index contributed by atoms with van der Waals surface area (Å²) in [4.78, 5) is 4.45. The number of aryl methyl sites for hydroxylation is 1. The molecule has 0 radical (unpaired) electrons. The molecule has 1 unspecified atom stereocenters. The first kappa shape index (κ1) is 23.0. The number of rotatable bonds is 10. The van der Waals surface area contributed by atoms with Crippen LogP contribution in [0.2, 0.25) is 0 Å². The van der Waals surface area contributed by atoms with Gasteiger partial charge in [-0.3, -0.25) is 0 Å². The average Bonchev–Trinajstić information content (AvgIpc) is 3.12. The maximum atomic E-state index is 6.00. The van der Waals surface area contributed by atoms with E-state index in [9.17, 15) is 0 Å². The second-order valence-corrected chi connectivity index (χ2v) is 6.75. The number of halogens is 1. The number of unbranched alkanes of at least 4 members (excludes halogenated alkanes) is 3. The van der Waals surface area contributed by atoms with Crippen molar-refractivity contribution < 1.29 is 9.47 Å². The molecule has 1 fully saturated rings. The van der Waals surface area contributed by atoms with Crippen molar-refractivity contribution in [3.8, 4) is 5.75 Å². The van der Waals surface area contributed by atoms with Crippen molar-refractivity contribution in [1.82, 2.24) is 5.32 Å². The third-order valence-electron chi connectivity index (χ3n) is 4.43. The molecule has 1 atom stereocenters. The van der Waals surface area contributed by atoms with E-state index in [2.05, 4.69) is 42.4 Å². The average molecular weight is 475 g/mol. The van der Waals surface area contributed by atoms with Crippen molar-refractivity contribution in [2.45, 2.75) is 65.0 Å².